The van der Waals surface area contributed by atoms with E-state index in [0.717, 1.165) is 0 Å². The largest absolute Gasteiger partial charge is 0.493 e. The van der Waals surface area contributed by atoms with E-state index in [1.165, 1.54) is 25.6 Å². The molecule has 0 spiro atoms. The lowest BCUT2D eigenvalue weighted by atomic mass is 10.2. The number of amides is 1. The molecule has 0 saturated carbocycles. The minimum absolute atomic E-state index is 0.0370. The first-order valence-corrected chi connectivity index (χ1v) is 11.0. The van der Waals surface area contributed by atoms with Crippen LogP contribution in [0.15, 0.2) is 41.1 Å². The minimum atomic E-state index is -0.549. The van der Waals surface area contributed by atoms with Crippen molar-refractivity contribution in [1.82, 2.24) is 15.3 Å². The van der Waals surface area contributed by atoms with Gasteiger partial charge in [0.1, 0.15) is 11.9 Å². The SMILES string of the molecule is COc1cc2c(Oc3ccc(Br)cc3F)ncnc2cc1OCCCNC(=O)OC(C)(C)C. The predicted molar refractivity (Wildman–Crippen MR) is 125 cm³/mol. The molecule has 1 aromatic heterocycles. The Morgan fingerprint density at radius 2 is 1.91 bits per heavy atom. The lowest BCUT2D eigenvalue weighted by Crippen LogP contribution is -2.33. The number of aromatic nitrogens is 2. The van der Waals surface area contributed by atoms with Gasteiger partial charge in [0, 0.05) is 17.1 Å². The van der Waals surface area contributed by atoms with Crippen LogP contribution in [0.4, 0.5) is 9.18 Å². The molecule has 0 aliphatic carbocycles. The summed E-state index contributed by atoms with van der Waals surface area (Å²) >= 11 is 3.22. The topological polar surface area (TPSA) is 91.8 Å². The fourth-order valence-corrected chi connectivity index (χ4v) is 3.15. The highest BCUT2D eigenvalue weighted by Gasteiger charge is 2.16. The van der Waals surface area contributed by atoms with Gasteiger partial charge in [0.05, 0.1) is 24.6 Å². The van der Waals surface area contributed by atoms with Gasteiger partial charge in [0.2, 0.25) is 5.88 Å². The molecule has 1 N–H and O–H groups in total. The fraction of sp³-hybridized carbons (Fsp3) is 0.348. The number of halogens is 2. The number of hydrogen-bond donors (Lipinski definition) is 1. The second kappa shape index (κ2) is 10.7. The molecule has 0 saturated heterocycles. The summed E-state index contributed by atoms with van der Waals surface area (Å²) in [7, 11) is 1.51. The highest BCUT2D eigenvalue weighted by Crippen LogP contribution is 2.36. The summed E-state index contributed by atoms with van der Waals surface area (Å²) in [6, 6.07) is 7.86. The third-order valence-corrected chi connectivity index (χ3v) is 4.72. The first kappa shape index (κ1) is 24.5. The number of nitrogens with one attached hydrogen (secondary N) is 1. The summed E-state index contributed by atoms with van der Waals surface area (Å²) < 4.78 is 37.0. The molecule has 33 heavy (non-hydrogen) atoms. The Hall–Kier alpha value is -3.14. The van der Waals surface area contributed by atoms with Crippen molar-refractivity contribution in [2.45, 2.75) is 32.8 Å². The first-order chi connectivity index (χ1) is 15.7. The molecule has 1 heterocycles. The number of methoxy groups -OCH3 is 1. The number of hydrogen-bond acceptors (Lipinski definition) is 7. The van der Waals surface area contributed by atoms with Gasteiger partial charge < -0.3 is 24.3 Å². The van der Waals surface area contributed by atoms with Crippen LogP contribution in [-0.2, 0) is 4.74 Å². The third kappa shape index (κ3) is 6.92. The molecule has 0 atom stereocenters. The Bertz CT molecular complexity index is 1140. The van der Waals surface area contributed by atoms with Crippen LogP contribution in [0.1, 0.15) is 27.2 Å². The monoisotopic (exact) mass is 521 g/mol. The minimum Gasteiger partial charge on any atom is -0.493 e. The lowest BCUT2D eigenvalue weighted by molar-refractivity contribution is 0.0525. The Labute approximate surface area is 199 Å². The van der Waals surface area contributed by atoms with Crippen molar-refractivity contribution >= 4 is 32.9 Å². The fourth-order valence-electron chi connectivity index (χ4n) is 2.82. The Morgan fingerprint density at radius 1 is 1.12 bits per heavy atom. The maximum Gasteiger partial charge on any atom is 0.407 e. The van der Waals surface area contributed by atoms with Crippen molar-refractivity contribution in [3.8, 4) is 23.1 Å². The number of fused-ring (bicyclic) bond motifs is 1. The summed E-state index contributed by atoms with van der Waals surface area (Å²) in [6.45, 7) is 6.13. The molecule has 8 nitrogen and oxygen atoms in total. The van der Waals surface area contributed by atoms with Crippen molar-refractivity contribution in [2.75, 3.05) is 20.3 Å². The van der Waals surface area contributed by atoms with E-state index in [9.17, 15) is 9.18 Å². The molecule has 3 rings (SSSR count). The van der Waals surface area contributed by atoms with Crippen LogP contribution >= 0.6 is 15.9 Å². The Morgan fingerprint density at radius 3 is 2.61 bits per heavy atom. The van der Waals surface area contributed by atoms with E-state index < -0.39 is 17.5 Å². The van der Waals surface area contributed by atoms with E-state index >= 15 is 0 Å². The average Bonchev–Trinajstić information content (AvgIpc) is 2.73. The van der Waals surface area contributed by atoms with Crippen LogP contribution in [0.2, 0.25) is 0 Å². The second-order valence-corrected chi connectivity index (χ2v) is 8.92. The van der Waals surface area contributed by atoms with Gasteiger partial charge in [-0.2, -0.15) is 0 Å². The van der Waals surface area contributed by atoms with E-state index in [-0.39, 0.29) is 11.6 Å². The molecular weight excluding hydrogens is 497 g/mol. The molecule has 0 bridgehead atoms. The smallest absolute Gasteiger partial charge is 0.407 e. The standard InChI is InChI=1S/C23H25BrFN3O5/c1-23(2,3)33-22(29)26-8-5-9-31-20-12-17-15(11-19(20)30-4)21(28-13-27-17)32-18-7-6-14(24)10-16(18)25/h6-7,10-13H,5,8-9H2,1-4H3,(H,26,29). The zero-order valence-electron chi connectivity index (χ0n) is 18.8. The van der Waals surface area contributed by atoms with Gasteiger partial charge in [-0.1, -0.05) is 15.9 Å². The maximum atomic E-state index is 14.2. The van der Waals surface area contributed by atoms with Gasteiger partial charge in [-0.05, 0) is 51.5 Å². The lowest BCUT2D eigenvalue weighted by Gasteiger charge is -2.19. The highest BCUT2D eigenvalue weighted by molar-refractivity contribution is 9.10. The van der Waals surface area contributed by atoms with E-state index in [4.69, 9.17) is 18.9 Å². The molecule has 0 fully saturated rings. The van der Waals surface area contributed by atoms with Crippen LogP contribution in [-0.4, -0.2) is 41.9 Å². The number of alkyl carbamates (subject to hydrolysis) is 1. The van der Waals surface area contributed by atoms with E-state index in [1.807, 2.05) is 0 Å². The summed E-state index contributed by atoms with van der Waals surface area (Å²) in [4.78, 5) is 20.1. The van der Waals surface area contributed by atoms with Crippen LogP contribution in [0.5, 0.6) is 23.1 Å². The van der Waals surface area contributed by atoms with Gasteiger partial charge >= 0.3 is 6.09 Å². The zero-order valence-corrected chi connectivity index (χ0v) is 20.4. The Balaban J connectivity index is 1.68. The summed E-state index contributed by atoms with van der Waals surface area (Å²) in [5.41, 5.74) is -0.00716. The van der Waals surface area contributed by atoms with Crippen LogP contribution in [0, 0.1) is 5.82 Å². The summed E-state index contributed by atoms with van der Waals surface area (Å²) in [6.07, 6.45) is 1.41. The van der Waals surface area contributed by atoms with Crippen molar-refractivity contribution < 1.29 is 28.1 Å². The average molecular weight is 522 g/mol. The summed E-state index contributed by atoms with van der Waals surface area (Å²) in [5, 5.41) is 3.22. The van der Waals surface area contributed by atoms with Crippen LogP contribution < -0.4 is 19.5 Å². The highest BCUT2D eigenvalue weighted by atomic mass is 79.9. The molecule has 176 valence electrons. The molecule has 3 aromatic rings. The van der Waals surface area contributed by atoms with Crippen molar-refractivity contribution in [3.63, 3.8) is 0 Å². The van der Waals surface area contributed by atoms with E-state index in [2.05, 4.69) is 31.2 Å². The van der Waals surface area contributed by atoms with Gasteiger partial charge in [-0.15, -0.1) is 0 Å². The van der Waals surface area contributed by atoms with Gasteiger partial charge in [0.25, 0.3) is 0 Å². The van der Waals surface area contributed by atoms with Crippen molar-refractivity contribution in [3.05, 3.63) is 46.9 Å². The summed E-state index contributed by atoms with van der Waals surface area (Å²) in [5.74, 6) is 0.617. The van der Waals surface area contributed by atoms with E-state index in [1.54, 1.807) is 39.0 Å². The number of carbonyl (C=O) groups is 1. The van der Waals surface area contributed by atoms with Crippen LogP contribution in [0.3, 0.4) is 0 Å². The number of rotatable bonds is 8. The van der Waals surface area contributed by atoms with Crippen LogP contribution in [0.25, 0.3) is 10.9 Å². The zero-order chi connectivity index (χ0) is 24.0. The molecule has 0 aliphatic heterocycles. The molecular formula is C23H25BrFN3O5. The first-order valence-electron chi connectivity index (χ1n) is 10.2. The molecule has 1 amide bonds. The normalized spacial score (nSPS) is 11.2. The van der Waals surface area contributed by atoms with Crippen molar-refractivity contribution in [1.29, 1.82) is 0 Å². The van der Waals surface area contributed by atoms with Gasteiger partial charge in [0.15, 0.2) is 23.1 Å². The number of carbonyl (C=O) groups excluding carboxylic acids is 1. The van der Waals surface area contributed by atoms with Gasteiger partial charge in [-0.25, -0.2) is 19.2 Å². The molecule has 0 unspecified atom stereocenters. The predicted octanol–water partition coefficient (Wildman–Crippen LogP) is 5.63. The number of nitrogens with zero attached hydrogens (tertiary/aromatic N) is 2. The van der Waals surface area contributed by atoms with Gasteiger partial charge in [-0.3, -0.25) is 0 Å². The van der Waals surface area contributed by atoms with Crippen molar-refractivity contribution in [2.24, 2.45) is 0 Å². The molecule has 0 aliphatic rings. The maximum absolute atomic E-state index is 14.2. The number of benzene rings is 2. The van der Waals surface area contributed by atoms with E-state index in [0.29, 0.717) is 46.4 Å². The third-order valence-electron chi connectivity index (χ3n) is 4.23. The molecule has 10 heteroatoms. The molecule has 2 aromatic carbocycles. The Kier molecular flexibility index (Phi) is 7.91. The molecule has 0 radical (unpaired) electrons. The number of ether oxygens (including phenoxy) is 4. The quantitative estimate of drug-likeness (QED) is 0.384. The second-order valence-electron chi connectivity index (χ2n) is 8.01.